The number of nitro benzene ring substituents is 1. The van der Waals surface area contributed by atoms with Crippen LogP contribution in [-0.4, -0.2) is 23.5 Å². The molecule has 21 heavy (non-hydrogen) atoms. The summed E-state index contributed by atoms with van der Waals surface area (Å²) in [5, 5.41) is 17.9. The van der Waals surface area contributed by atoms with E-state index in [9.17, 15) is 18.5 Å². The maximum absolute atomic E-state index is 12.2. The third-order valence-electron chi connectivity index (χ3n) is 2.53. The number of rotatable bonds is 4. The second kappa shape index (κ2) is 5.62. The Labute approximate surface area is 125 Å². The van der Waals surface area contributed by atoms with E-state index >= 15 is 0 Å². The van der Waals surface area contributed by atoms with Crippen LogP contribution >= 0.6 is 11.6 Å². The number of nitro groups is 1. The van der Waals surface area contributed by atoms with Crippen LogP contribution in [0, 0.1) is 17.0 Å². The van der Waals surface area contributed by atoms with Crippen molar-refractivity contribution in [1.29, 1.82) is 0 Å². The second-order valence-corrected chi connectivity index (χ2v) is 6.09. The van der Waals surface area contributed by atoms with Crippen LogP contribution < -0.4 is 4.72 Å². The van der Waals surface area contributed by atoms with Gasteiger partial charge in [0, 0.05) is 12.1 Å². The van der Waals surface area contributed by atoms with Gasteiger partial charge in [-0.15, -0.1) is 10.2 Å². The molecule has 0 radical (unpaired) electrons. The van der Waals surface area contributed by atoms with Gasteiger partial charge in [0.25, 0.3) is 15.7 Å². The molecule has 1 N–H and O–H groups in total. The zero-order valence-electron chi connectivity index (χ0n) is 10.6. The van der Waals surface area contributed by atoms with Crippen LogP contribution in [0.15, 0.2) is 35.2 Å². The fraction of sp³-hybridized carbons (Fsp3) is 0.0909. The fourth-order valence-electron chi connectivity index (χ4n) is 1.61. The summed E-state index contributed by atoms with van der Waals surface area (Å²) in [5.74, 6) is -0.00264. The van der Waals surface area contributed by atoms with E-state index in [4.69, 9.17) is 11.6 Å². The van der Waals surface area contributed by atoms with Crippen molar-refractivity contribution < 1.29 is 13.3 Å². The third kappa shape index (κ3) is 3.44. The Balaban J connectivity index is 2.35. The van der Waals surface area contributed by atoms with Gasteiger partial charge in [0.2, 0.25) is 0 Å². The molecular formula is C11H9ClN4O4S. The van der Waals surface area contributed by atoms with Crippen molar-refractivity contribution in [3.05, 3.63) is 51.2 Å². The molecule has 0 aliphatic rings. The Bertz CT molecular complexity index is 792. The van der Waals surface area contributed by atoms with Crippen LogP contribution in [0.25, 0.3) is 0 Å². The van der Waals surface area contributed by atoms with Crippen molar-refractivity contribution in [1.82, 2.24) is 10.2 Å². The van der Waals surface area contributed by atoms with Gasteiger partial charge in [0.15, 0.2) is 11.0 Å². The van der Waals surface area contributed by atoms with Crippen molar-refractivity contribution in [2.75, 3.05) is 4.72 Å². The number of non-ortho nitro benzene ring substituents is 1. The maximum Gasteiger partial charge on any atom is 0.269 e. The molecule has 2 aromatic rings. The van der Waals surface area contributed by atoms with E-state index in [-0.39, 0.29) is 27.1 Å². The van der Waals surface area contributed by atoms with Crippen LogP contribution in [0.4, 0.5) is 11.5 Å². The van der Waals surface area contributed by atoms with Gasteiger partial charge in [-0.1, -0.05) is 11.6 Å². The normalized spacial score (nSPS) is 11.1. The van der Waals surface area contributed by atoms with Crippen LogP contribution in [0.2, 0.25) is 5.15 Å². The molecule has 0 amide bonds. The van der Waals surface area contributed by atoms with Gasteiger partial charge in [0.05, 0.1) is 9.82 Å². The number of hydrogen-bond donors (Lipinski definition) is 1. The summed E-state index contributed by atoms with van der Waals surface area (Å²) in [6.07, 6.45) is 0. The number of hydrogen-bond acceptors (Lipinski definition) is 6. The highest BCUT2D eigenvalue weighted by Gasteiger charge is 2.20. The van der Waals surface area contributed by atoms with Crippen LogP contribution in [-0.2, 0) is 10.0 Å². The number of aryl methyl sites for hydroxylation is 1. The Kier molecular flexibility index (Phi) is 4.05. The summed E-state index contributed by atoms with van der Waals surface area (Å²) in [5.41, 5.74) is 0.0661. The lowest BCUT2D eigenvalue weighted by atomic mass is 10.2. The molecule has 8 nitrogen and oxygen atoms in total. The molecular weight excluding hydrogens is 320 g/mol. The lowest BCUT2D eigenvalue weighted by Gasteiger charge is -2.09. The van der Waals surface area contributed by atoms with Crippen molar-refractivity contribution >= 4 is 33.1 Å². The molecule has 1 heterocycles. The van der Waals surface area contributed by atoms with E-state index in [1.165, 1.54) is 31.2 Å². The molecule has 110 valence electrons. The van der Waals surface area contributed by atoms with E-state index in [1.807, 2.05) is 0 Å². The molecule has 0 spiro atoms. The summed E-state index contributed by atoms with van der Waals surface area (Å²) in [4.78, 5) is 9.97. The molecule has 0 aliphatic carbocycles. The minimum Gasteiger partial charge on any atom is -0.262 e. The number of sulfonamides is 1. The summed E-state index contributed by atoms with van der Waals surface area (Å²) in [6, 6.07) is 6.21. The first-order chi connectivity index (χ1) is 9.79. The first-order valence-corrected chi connectivity index (χ1v) is 7.43. The molecule has 0 bridgehead atoms. The molecule has 0 saturated heterocycles. The first kappa shape index (κ1) is 15.1. The average molecular weight is 329 g/mol. The number of nitrogens with one attached hydrogen (secondary N) is 1. The van der Waals surface area contributed by atoms with Gasteiger partial charge in [-0.2, -0.15) is 0 Å². The molecule has 0 unspecified atom stereocenters. The highest BCUT2D eigenvalue weighted by Crippen LogP contribution is 2.22. The highest BCUT2D eigenvalue weighted by molar-refractivity contribution is 7.92. The molecule has 0 fully saturated rings. The number of benzene rings is 1. The first-order valence-electron chi connectivity index (χ1n) is 5.57. The van der Waals surface area contributed by atoms with Crippen molar-refractivity contribution in [3.63, 3.8) is 0 Å². The van der Waals surface area contributed by atoms with Gasteiger partial charge in [-0.25, -0.2) is 8.42 Å². The Morgan fingerprint density at radius 3 is 2.48 bits per heavy atom. The molecule has 0 aliphatic heterocycles. The largest absolute Gasteiger partial charge is 0.269 e. The van der Waals surface area contributed by atoms with Crippen molar-refractivity contribution in [2.45, 2.75) is 11.8 Å². The Hall–Kier alpha value is -2.26. The van der Waals surface area contributed by atoms with Gasteiger partial charge in [-0.3, -0.25) is 14.8 Å². The van der Waals surface area contributed by atoms with Gasteiger partial charge in [-0.05, 0) is 30.7 Å². The topological polar surface area (TPSA) is 115 Å². The van der Waals surface area contributed by atoms with E-state index in [0.717, 1.165) is 6.07 Å². The summed E-state index contributed by atoms with van der Waals surface area (Å²) in [6.45, 7) is 1.47. The summed E-state index contributed by atoms with van der Waals surface area (Å²) in [7, 11) is -3.92. The molecule has 1 aromatic carbocycles. The second-order valence-electron chi connectivity index (χ2n) is 4.05. The molecule has 1 aromatic heterocycles. The highest BCUT2D eigenvalue weighted by atomic mass is 35.5. The van der Waals surface area contributed by atoms with Crippen molar-refractivity contribution in [2.24, 2.45) is 0 Å². The van der Waals surface area contributed by atoms with Crippen LogP contribution in [0.1, 0.15) is 5.56 Å². The number of anilines is 1. The third-order valence-corrected chi connectivity index (χ3v) is 4.25. The summed E-state index contributed by atoms with van der Waals surface area (Å²) < 4.78 is 26.6. The predicted molar refractivity (Wildman–Crippen MR) is 75.7 cm³/mol. The standard InChI is InChI=1S/C11H9ClN4O4S/c1-7-6-8(16(17)18)2-3-9(7)21(19,20)15-11-5-4-10(12)13-14-11/h2-6H,1H3,(H,14,15). The van der Waals surface area contributed by atoms with E-state index in [0.29, 0.717) is 0 Å². The average Bonchev–Trinajstić information content (AvgIpc) is 2.40. The maximum atomic E-state index is 12.2. The lowest BCUT2D eigenvalue weighted by Crippen LogP contribution is -2.15. The fourth-order valence-corrected chi connectivity index (χ4v) is 2.94. The minimum absolute atomic E-state index is 0.00264. The Morgan fingerprint density at radius 2 is 1.95 bits per heavy atom. The minimum atomic E-state index is -3.92. The molecule has 0 saturated carbocycles. The van der Waals surface area contributed by atoms with Crippen LogP contribution in [0.3, 0.4) is 0 Å². The van der Waals surface area contributed by atoms with Crippen molar-refractivity contribution in [3.8, 4) is 0 Å². The van der Waals surface area contributed by atoms with Gasteiger partial charge < -0.3 is 0 Å². The number of halogens is 1. The number of nitrogens with zero attached hydrogens (tertiary/aromatic N) is 3. The lowest BCUT2D eigenvalue weighted by molar-refractivity contribution is -0.385. The monoisotopic (exact) mass is 328 g/mol. The van der Waals surface area contributed by atoms with E-state index in [1.54, 1.807) is 0 Å². The smallest absolute Gasteiger partial charge is 0.262 e. The number of aromatic nitrogens is 2. The molecule has 2 rings (SSSR count). The SMILES string of the molecule is Cc1cc([N+](=O)[O-])ccc1S(=O)(=O)Nc1ccc(Cl)nn1. The quantitative estimate of drug-likeness (QED) is 0.679. The zero-order valence-corrected chi connectivity index (χ0v) is 12.2. The Morgan fingerprint density at radius 1 is 1.24 bits per heavy atom. The predicted octanol–water partition coefficient (Wildman–Crippen LogP) is 2.15. The summed E-state index contributed by atoms with van der Waals surface area (Å²) >= 11 is 5.56. The van der Waals surface area contributed by atoms with Gasteiger partial charge in [0.1, 0.15) is 0 Å². The van der Waals surface area contributed by atoms with Gasteiger partial charge >= 0.3 is 0 Å². The molecule has 0 atom stereocenters. The van der Waals surface area contributed by atoms with E-state index in [2.05, 4.69) is 14.9 Å². The van der Waals surface area contributed by atoms with E-state index < -0.39 is 14.9 Å². The van der Waals surface area contributed by atoms with Crippen LogP contribution in [0.5, 0.6) is 0 Å². The molecule has 10 heteroatoms. The zero-order chi connectivity index (χ0) is 15.6.